The van der Waals surface area contributed by atoms with Crippen LogP contribution in [0.5, 0.6) is 11.5 Å². The SMILES string of the molecule is C=CCc1cc(C=O)cc(C(=O)Oc2c(CC=C)cc(C=O)cc2C(=O)O)c1O. The van der Waals surface area contributed by atoms with Crippen LogP contribution in [0, 0.1) is 0 Å². The van der Waals surface area contributed by atoms with Crippen LogP contribution in [0.1, 0.15) is 52.6 Å². The van der Waals surface area contributed by atoms with Crippen LogP contribution in [0.25, 0.3) is 0 Å². The fourth-order valence-corrected chi connectivity index (χ4v) is 2.77. The lowest BCUT2D eigenvalue weighted by Crippen LogP contribution is -2.15. The lowest BCUT2D eigenvalue weighted by molar-refractivity contribution is 0.0680. The maximum absolute atomic E-state index is 12.7. The molecule has 0 aliphatic carbocycles. The molecule has 0 fully saturated rings. The monoisotopic (exact) mass is 394 g/mol. The molecule has 7 nitrogen and oxygen atoms in total. The van der Waals surface area contributed by atoms with Crippen molar-refractivity contribution in [2.24, 2.45) is 0 Å². The highest BCUT2D eigenvalue weighted by Gasteiger charge is 2.23. The van der Waals surface area contributed by atoms with E-state index in [9.17, 15) is 29.4 Å². The molecule has 148 valence electrons. The Bertz CT molecular complexity index is 1020. The number of hydrogen-bond acceptors (Lipinski definition) is 6. The van der Waals surface area contributed by atoms with Gasteiger partial charge >= 0.3 is 11.9 Å². The zero-order chi connectivity index (χ0) is 21.6. The molecule has 0 heterocycles. The smallest absolute Gasteiger partial charge is 0.347 e. The first-order valence-corrected chi connectivity index (χ1v) is 8.46. The van der Waals surface area contributed by atoms with Crippen molar-refractivity contribution in [1.82, 2.24) is 0 Å². The molecule has 0 aromatic heterocycles. The maximum Gasteiger partial charge on any atom is 0.347 e. The van der Waals surface area contributed by atoms with Crippen LogP contribution in [0.2, 0.25) is 0 Å². The molecule has 7 heteroatoms. The fourth-order valence-electron chi connectivity index (χ4n) is 2.77. The van der Waals surface area contributed by atoms with Crippen molar-refractivity contribution < 1.29 is 34.1 Å². The van der Waals surface area contributed by atoms with Crippen molar-refractivity contribution in [3.8, 4) is 11.5 Å². The van der Waals surface area contributed by atoms with Crippen LogP contribution in [-0.4, -0.2) is 34.7 Å². The van der Waals surface area contributed by atoms with Crippen molar-refractivity contribution in [1.29, 1.82) is 0 Å². The average Bonchev–Trinajstić information content (AvgIpc) is 2.70. The Morgan fingerprint density at radius 1 is 0.897 bits per heavy atom. The molecule has 2 rings (SSSR count). The van der Waals surface area contributed by atoms with E-state index in [1.54, 1.807) is 0 Å². The van der Waals surface area contributed by atoms with Gasteiger partial charge in [-0.05, 0) is 42.7 Å². The second kappa shape index (κ2) is 9.27. The van der Waals surface area contributed by atoms with E-state index < -0.39 is 23.3 Å². The van der Waals surface area contributed by atoms with Crippen molar-refractivity contribution in [3.05, 3.63) is 83.0 Å². The van der Waals surface area contributed by atoms with Crippen molar-refractivity contribution in [2.45, 2.75) is 12.8 Å². The summed E-state index contributed by atoms with van der Waals surface area (Å²) in [4.78, 5) is 46.6. The zero-order valence-electron chi connectivity index (χ0n) is 15.4. The lowest BCUT2D eigenvalue weighted by Gasteiger charge is -2.14. The Labute approximate surface area is 166 Å². The Balaban J connectivity index is 2.60. The summed E-state index contributed by atoms with van der Waals surface area (Å²) in [6.45, 7) is 7.12. The molecule has 0 bridgehead atoms. The third-order valence-corrected chi connectivity index (χ3v) is 4.05. The molecule has 0 unspecified atom stereocenters. The minimum atomic E-state index is -1.40. The summed E-state index contributed by atoms with van der Waals surface area (Å²) in [6.07, 6.45) is 4.26. The zero-order valence-corrected chi connectivity index (χ0v) is 15.4. The molecule has 29 heavy (non-hydrogen) atoms. The molecule has 0 spiro atoms. The van der Waals surface area contributed by atoms with E-state index >= 15 is 0 Å². The minimum Gasteiger partial charge on any atom is -0.507 e. The normalized spacial score (nSPS) is 10.1. The quantitative estimate of drug-likeness (QED) is 0.290. The number of ether oxygens (including phenoxy) is 1. The van der Waals surface area contributed by atoms with E-state index in [2.05, 4.69) is 13.2 Å². The highest BCUT2D eigenvalue weighted by atomic mass is 16.5. The van der Waals surface area contributed by atoms with Gasteiger partial charge in [0, 0.05) is 16.7 Å². The molecule has 2 aromatic carbocycles. The Morgan fingerprint density at radius 2 is 1.41 bits per heavy atom. The van der Waals surface area contributed by atoms with E-state index in [4.69, 9.17) is 4.74 Å². The number of rotatable bonds is 9. The van der Waals surface area contributed by atoms with Gasteiger partial charge in [-0.25, -0.2) is 9.59 Å². The van der Waals surface area contributed by atoms with Gasteiger partial charge in [0.05, 0.1) is 0 Å². The topological polar surface area (TPSA) is 118 Å². The van der Waals surface area contributed by atoms with Gasteiger partial charge in [0.2, 0.25) is 0 Å². The third-order valence-electron chi connectivity index (χ3n) is 4.05. The van der Waals surface area contributed by atoms with Crippen molar-refractivity contribution >= 4 is 24.5 Å². The van der Waals surface area contributed by atoms with Crippen molar-refractivity contribution in [3.63, 3.8) is 0 Å². The Morgan fingerprint density at radius 3 is 1.93 bits per heavy atom. The second-order valence-electron chi connectivity index (χ2n) is 6.05. The fraction of sp³-hybridized carbons (Fsp3) is 0.0909. The number of carbonyl (C=O) groups excluding carboxylic acids is 3. The summed E-state index contributed by atoms with van der Waals surface area (Å²) in [5, 5.41) is 19.9. The first-order chi connectivity index (χ1) is 13.9. The summed E-state index contributed by atoms with van der Waals surface area (Å²) < 4.78 is 5.30. The number of aromatic carboxylic acids is 1. The molecule has 0 saturated heterocycles. The summed E-state index contributed by atoms with van der Waals surface area (Å²) in [6, 6.07) is 5.01. The molecule has 0 atom stereocenters. The van der Waals surface area contributed by atoms with Crippen molar-refractivity contribution in [2.75, 3.05) is 0 Å². The number of hydrogen-bond donors (Lipinski definition) is 2. The molecule has 0 aliphatic heterocycles. The van der Waals surface area contributed by atoms with Gasteiger partial charge in [-0.15, -0.1) is 13.2 Å². The number of carboxylic acid groups (broad SMARTS) is 1. The van der Waals surface area contributed by atoms with E-state index in [1.807, 2.05) is 0 Å². The average molecular weight is 394 g/mol. The van der Waals surface area contributed by atoms with Gasteiger partial charge < -0.3 is 14.9 Å². The Kier molecular flexibility index (Phi) is 6.81. The summed E-state index contributed by atoms with van der Waals surface area (Å²) >= 11 is 0. The van der Waals surface area contributed by atoms with Gasteiger partial charge in [0.15, 0.2) is 0 Å². The summed E-state index contributed by atoms with van der Waals surface area (Å²) in [7, 11) is 0. The number of carbonyl (C=O) groups is 4. The predicted molar refractivity (Wildman–Crippen MR) is 105 cm³/mol. The number of allylic oxidation sites excluding steroid dienone is 2. The second-order valence-corrected chi connectivity index (χ2v) is 6.05. The number of phenols is 1. The van der Waals surface area contributed by atoms with Gasteiger partial charge in [-0.3, -0.25) is 9.59 Å². The highest BCUT2D eigenvalue weighted by Crippen LogP contribution is 2.31. The van der Waals surface area contributed by atoms with E-state index in [-0.39, 0.29) is 46.4 Å². The van der Waals surface area contributed by atoms with Crippen LogP contribution in [-0.2, 0) is 12.8 Å². The summed E-state index contributed by atoms with van der Waals surface area (Å²) in [5.74, 6) is -3.12. The van der Waals surface area contributed by atoms with E-state index in [1.165, 1.54) is 24.3 Å². The van der Waals surface area contributed by atoms with Gasteiger partial charge in [0.1, 0.15) is 35.2 Å². The van der Waals surface area contributed by atoms with Gasteiger partial charge in [-0.1, -0.05) is 12.2 Å². The van der Waals surface area contributed by atoms with E-state index in [0.29, 0.717) is 12.6 Å². The third kappa shape index (κ3) is 4.65. The molecule has 0 radical (unpaired) electrons. The molecule has 2 N–H and O–H groups in total. The van der Waals surface area contributed by atoms with Gasteiger partial charge in [-0.2, -0.15) is 0 Å². The standard InChI is InChI=1S/C22H18O7/c1-3-5-15-7-13(11-23)9-17(19(15)25)22(28)29-20-16(6-4-2)8-14(12-24)10-18(20)21(26)27/h3-4,7-12,25H,1-2,5-6H2,(H,26,27). The van der Waals surface area contributed by atoms with Gasteiger partial charge in [0.25, 0.3) is 0 Å². The number of esters is 1. The highest BCUT2D eigenvalue weighted by molar-refractivity contribution is 5.99. The molecular weight excluding hydrogens is 376 g/mol. The number of benzene rings is 2. The number of aldehydes is 2. The summed E-state index contributed by atoms with van der Waals surface area (Å²) in [5.41, 5.74) is 0.0834. The minimum absolute atomic E-state index is 0.0955. The van der Waals surface area contributed by atoms with Crippen LogP contribution >= 0.6 is 0 Å². The first-order valence-electron chi connectivity index (χ1n) is 8.46. The number of carboxylic acids is 1. The predicted octanol–water partition coefficient (Wildman–Crippen LogP) is 3.39. The molecule has 0 aliphatic rings. The van der Waals surface area contributed by atoms with Crippen LogP contribution in [0.3, 0.4) is 0 Å². The van der Waals surface area contributed by atoms with Crippen LogP contribution in [0.15, 0.2) is 49.6 Å². The first kappa shape index (κ1) is 21.3. The molecule has 0 saturated carbocycles. The maximum atomic E-state index is 12.7. The molecular formula is C22H18O7. The lowest BCUT2D eigenvalue weighted by atomic mass is 10.0. The van der Waals surface area contributed by atoms with Crippen LogP contribution < -0.4 is 4.74 Å². The number of aromatic hydroxyl groups is 1. The number of phenolic OH excluding ortho intramolecular Hbond substituents is 1. The molecule has 0 amide bonds. The largest absolute Gasteiger partial charge is 0.507 e. The Hall–Kier alpha value is -4.00. The van der Waals surface area contributed by atoms with Crippen LogP contribution in [0.4, 0.5) is 0 Å². The molecule has 2 aromatic rings. The van der Waals surface area contributed by atoms with E-state index in [0.717, 1.165) is 12.1 Å².